The molecule has 0 amide bonds. The second-order valence-corrected chi connectivity index (χ2v) is 4.75. The number of methoxy groups -OCH3 is 1. The molecule has 0 aliphatic rings. The lowest BCUT2D eigenvalue weighted by atomic mass is 10.2. The van der Waals surface area contributed by atoms with Crippen LogP contribution in [0, 0.1) is 0 Å². The number of para-hydroxylation sites is 1. The molecule has 0 aliphatic carbocycles. The first-order valence-electron chi connectivity index (χ1n) is 5.83. The SMILES string of the molecule is COc1ccc(CNc2ccccc2SC)cc1. The maximum atomic E-state index is 5.14. The molecule has 0 fully saturated rings. The molecule has 0 atom stereocenters. The summed E-state index contributed by atoms with van der Waals surface area (Å²) in [6.07, 6.45) is 2.09. The van der Waals surface area contributed by atoms with Gasteiger partial charge in [-0.3, -0.25) is 0 Å². The van der Waals surface area contributed by atoms with Gasteiger partial charge in [0.1, 0.15) is 5.75 Å². The van der Waals surface area contributed by atoms with Gasteiger partial charge in [-0.15, -0.1) is 11.8 Å². The minimum absolute atomic E-state index is 0.821. The van der Waals surface area contributed by atoms with Gasteiger partial charge in [0.25, 0.3) is 0 Å². The molecule has 0 aromatic heterocycles. The zero-order chi connectivity index (χ0) is 12.8. The molecule has 0 spiro atoms. The molecule has 2 aromatic carbocycles. The van der Waals surface area contributed by atoms with Crippen LogP contribution < -0.4 is 10.1 Å². The average Bonchev–Trinajstić information content (AvgIpc) is 2.46. The van der Waals surface area contributed by atoms with Crippen molar-refractivity contribution in [3.05, 3.63) is 54.1 Å². The van der Waals surface area contributed by atoms with E-state index in [2.05, 4.69) is 48.0 Å². The van der Waals surface area contributed by atoms with Crippen LogP contribution in [-0.4, -0.2) is 13.4 Å². The number of ether oxygens (including phenoxy) is 1. The van der Waals surface area contributed by atoms with Crippen molar-refractivity contribution in [2.75, 3.05) is 18.7 Å². The third kappa shape index (κ3) is 3.20. The van der Waals surface area contributed by atoms with Crippen LogP contribution in [0.1, 0.15) is 5.56 Å². The minimum Gasteiger partial charge on any atom is -0.497 e. The Morgan fingerprint density at radius 1 is 1.06 bits per heavy atom. The van der Waals surface area contributed by atoms with E-state index in [-0.39, 0.29) is 0 Å². The van der Waals surface area contributed by atoms with E-state index in [1.54, 1.807) is 18.9 Å². The molecule has 2 rings (SSSR count). The van der Waals surface area contributed by atoms with E-state index in [9.17, 15) is 0 Å². The van der Waals surface area contributed by atoms with Gasteiger partial charge >= 0.3 is 0 Å². The summed E-state index contributed by atoms with van der Waals surface area (Å²) in [5.41, 5.74) is 2.42. The molecule has 3 heteroatoms. The van der Waals surface area contributed by atoms with Crippen LogP contribution in [0.4, 0.5) is 5.69 Å². The van der Waals surface area contributed by atoms with Crippen molar-refractivity contribution in [2.24, 2.45) is 0 Å². The topological polar surface area (TPSA) is 21.3 Å². The number of rotatable bonds is 5. The third-order valence-corrected chi connectivity index (χ3v) is 3.54. The third-order valence-electron chi connectivity index (χ3n) is 2.75. The molecule has 1 N–H and O–H groups in total. The summed E-state index contributed by atoms with van der Waals surface area (Å²) in [5.74, 6) is 0.892. The first kappa shape index (κ1) is 12.8. The van der Waals surface area contributed by atoms with Crippen molar-refractivity contribution in [2.45, 2.75) is 11.4 Å². The van der Waals surface area contributed by atoms with Crippen molar-refractivity contribution < 1.29 is 4.74 Å². The second-order valence-electron chi connectivity index (χ2n) is 3.90. The summed E-state index contributed by atoms with van der Waals surface area (Å²) < 4.78 is 5.14. The predicted octanol–water partition coefficient (Wildman–Crippen LogP) is 4.03. The predicted molar refractivity (Wildman–Crippen MR) is 78.5 cm³/mol. The molecule has 0 unspecified atom stereocenters. The number of anilines is 1. The first-order valence-corrected chi connectivity index (χ1v) is 7.06. The zero-order valence-electron chi connectivity index (χ0n) is 10.6. The Bertz CT molecular complexity index is 496. The Morgan fingerprint density at radius 3 is 2.44 bits per heavy atom. The quantitative estimate of drug-likeness (QED) is 0.819. The molecule has 2 aromatic rings. The summed E-state index contributed by atoms with van der Waals surface area (Å²) in [4.78, 5) is 1.27. The van der Waals surface area contributed by atoms with Crippen LogP contribution in [0.5, 0.6) is 5.75 Å². The lowest BCUT2D eigenvalue weighted by molar-refractivity contribution is 0.414. The average molecular weight is 259 g/mol. The molecule has 2 nitrogen and oxygen atoms in total. The Labute approximate surface area is 112 Å². The Morgan fingerprint density at radius 2 is 1.78 bits per heavy atom. The molecule has 0 saturated heterocycles. The van der Waals surface area contributed by atoms with E-state index in [0.29, 0.717) is 0 Å². The lowest BCUT2D eigenvalue weighted by Crippen LogP contribution is -2.00. The molecule has 18 heavy (non-hydrogen) atoms. The summed E-state index contributed by atoms with van der Waals surface area (Å²) in [5, 5.41) is 3.46. The highest BCUT2D eigenvalue weighted by molar-refractivity contribution is 7.98. The van der Waals surface area contributed by atoms with Gasteiger partial charge < -0.3 is 10.1 Å². The normalized spacial score (nSPS) is 10.1. The maximum absolute atomic E-state index is 5.14. The van der Waals surface area contributed by atoms with Crippen LogP contribution >= 0.6 is 11.8 Å². The van der Waals surface area contributed by atoms with Crippen molar-refractivity contribution in [1.82, 2.24) is 0 Å². The number of benzene rings is 2. The van der Waals surface area contributed by atoms with Gasteiger partial charge in [0, 0.05) is 17.1 Å². The molecular formula is C15H17NOS. The molecule has 0 heterocycles. The van der Waals surface area contributed by atoms with Gasteiger partial charge in [-0.2, -0.15) is 0 Å². The molecular weight excluding hydrogens is 242 g/mol. The monoisotopic (exact) mass is 259 g/mol. The largest absolute Gasteiger partial charge is 0.497 e. The van der Waals surface area contributed by atoms with Crippen LogP contribution in [0.2, 0.25) is 0 Å². The zero-order valence-corrected chi connectivity index (χ0v) is 11.5. The van der Waals surface area contributed by atoms with Crippen molar-refractivity contribution >= 4 is 17.4 Å². The second kappa shape index (κ2) is 6.36. The van der Waals surface area contributed by atoms with Crippen LogP contribution in [-0.2, 0) is 6.54 Å². The van der Waals surface area contributed by atoms with Crippen molar-refractivity contribution in [3.63, 3.8) is 0 Å². The summed E-state index contributed by atoms with van der Waals surface area (Å²) in [7, 11) is 1.68. The standard InChI is InChI=1S/C15H17NOS/c1-17-13-9-7-12(8-10-13)11-16-14-5-3-4-6-15(14)18-2/h3-10,16H,11H2,1-2H3. The number of nitrogens with one attached hydrogen (secondary N) is 1. The first-order chi connectivity index (χ1) is 8.83. The summed E-state index contributed by atoms with van der Waals surface area (Å²) in [6, 6.07) is 16.5. The molecule has 0 bridgehead atoms. The summed E-state index contributed by atoms with van der Waals surface area (Å²) in [6.45, 7) is 0.821. The summed E-state index contributed by atoms with van der Waals surface area (Å²) >= 11 is 1.75. The van der Waals surface area contributed by atoms with Gasteiger partial charge in [-0.1, -0.05) is 24.3 Å². The number of hydrogen-bond acceptors (Lipinski definition) is 3. The molecule has 0 aliphatic heterocycles. The van der Waals surface area contributed by atoms with E-state index < -0.39 is 0 Å². The minimum atomic E-state index is 0.821. The number of hydrogen-bond donors (Lipinski definition) is 1. The van der Waals surface area contributed by atoms with Gasteiger partial charge in [0.05, 0.1) is 7.11 Å². The van der Waals surface area contributed by atoms with Crippen molar-refractivity contribution in [3.8, 4) is 5.75 Å². The highest BCUT2D eigenvalue weighted by atomic mass is 32.2. The van der Waals surface area contributed by atoms with Gasteiger partial charge in [-0.05, 0) is 36.1 Å². The van der Waals surface area contributed by atoms with Crippen LogP contribution in [0.15, 0.2) is 53.4 Å². The Balaban J connectivity index is 2.02. The van der Waals surface area contributed by atoms with Crippen LogP contribution in [0.25, 0.3) is 0 Å². The Hall–Kier alpha value is -1.61. The smallest absolute Gasteiger partial charge is 0.118 e. The molecule has 0 radical (unpaired) electrons. The van der Waals surface area contributed by atoms with E-state index in [0.717, 1.165) is 12.3 Å². The van der Waals surface area contributed by atoms with Gasteiger partial charge in [0.15, 0.2) is 0 Å². The highest BCUT2D eigenvalue weighted by Gasteiger charge is 2.00. The fourth-order valence-corrected chi connectivity index (χ4v) is 2.31. The fraction of sp³-hybridized carbons (Fsp3) is 0.200. The highest BCUT2D eigenvalue weighted by Crippen LogP contribution is 2.25. The van der Waals surface area contributed by atoms with Gasteiger partial charge in [0.2, 0.25) is 0 Å². The van der Waals surface area contributed by atoms with E-state index in [1.807, 2.05) is 12.1 Å². The van der Waals surface area contributed by atoms with Crippen molar-refractivity contribution in [1.29, 1.82) is 0 Å². The number of thioether (sulfide) groups is 1. The van der Waals surface area contributed by atoms with E-state index in [4.69, 9.17) is 4.74 Å². The maximum Gasteiger partial charge on any atom is 0.118 e. The van der Waals surface area contributed by atoms with Gasteiger partial charge in [-0.25, -0.2) is 0 Å². The fourth-order valence-electron chi connectivity index (χ4n) is 1.73. The molecule has 94 valence electrons. The van der Waals surface area contributed by atoms with Crippen LogP contribution in [0.3, 0.4) is 0 Å². The Kier molecular flexibility index (Phi) is 4.53. The molecule has 0 saturated carbocycles. The van der Waals surface area contributed by atoms with E-state index >= 15 is 0 Å². The lowest BCUT2D eigenvalue weighted by Gasteiger charge is -2.10. The van der Waals surface area contributed by atoms with E-state index in [1.165, 1.54) is 16.1 Å².